The first-order chi connectivity index (χ1) is 15.7. The number of hydrogen-bond acceptors (Lipinski definition) is 5. The Kier molecular flexibility index (Phi) is 5.29. The van der Waals surface area contributed by atoms with Crippen molar-refractivity contribution in [3.05, 3.63) is 84.8 Å². The Hall–Kier alpha value is -4.13. The smallest absolute Gasteiger partial charge is 0.270 e. The van der Waals surface area contributed by atoms with Gasteiger partial charge >= 0.3 is 0 Å². The molecule has 7 nitrogen and oxygen atoms in total. The normalized spacial score (nSPS) is 13.9. The predicted octanol–water partition coefficient (Wildman–Crippen LogP) is 3.68. The molecular formula is C25H24N6O. The maximum Gasteiger partial charge on any atom is 0.270 e. The third-order valence-electron chi connectivity index (χ3n) is 5.77. The van der Waals surface area contributed by atoms with Gasteiger partial charge in [-0.15, -0.1) is 0 Å². The van der Waals surface area contributed by atoms with Gasteiger partial charge in [0.1, 0.15) is 5.69 Å². The number of nitrogen functional groups attached to an aromatic ring is 1. The number of carbonyl (C=O) groups excluding carboxylic acids is 1. The number of aromatic amines is 1. The minimum Gasteiger partial charge on any atom is -0.368 e. The van der Waals surface area contributed by atoms with Crippen LogP contribution in [-0.2, 0) is 0 Å². The van der Waals surface area contributed by atoms with E-state index in [1.807, 2.05) is 65.7 Å². The van der Waals surface area contributed by atoms with E-state index in [-0.39, 0.29) is 11.9 Å². The van der Waals surface area contributed by atoms with Crippen LogP contribution in [0.5, 0.6) is 0 Å². The Balaban J connectivity index is 1.35. The Bertz CT molecular complexity index is 1210. The monoisotopic (exact) mass is 424 g/mol. The first kappa shape index (κ1) is 19.8. The number of nitrogens with zero attached hydrogens (tertiary/aromatic N) is 4. The summed E-state index contributed by atoms with van der Waals surface area (Å²) in [6, 6.07) is 22.1. The highest BCUT2D eigenvalue weighted by Crippen LogP contribution is 2.31. The van der Waals surface area contributed by atoms with E-state index in [2.05, 4.69) is 32.0 Å². The van der Waals surface area contributed by atoms with Crippen LogP contribution < -0.4 is 10.6 Å². The van der Waals surface area contributed by atoms with Crippen LogP contribution in [0.4, 0.5) is 11.6 Å². The van der Waals surface area contributed by atoms with E-state index in [1.165, 1.54) is 5.69 Å². The summed E-state index contributed by atoms with van der Waals surface area (Å²) in [6.45, 7) is 2.98. The Labute approximate surface area is 186 Å². The molecule has 2 aromatic carbocycles. The van der Waals surface area contributed by atoms with Gasteiger partial charge in [-0.2, -0.15) is 0 Å². The third-order valence-corrected chi connectivity index (χ3v) is 5.77. The molecule has 0 saturated carbocycles. The number of amides is 1. The van der Waals surface area contributed by atoms with Crippen molar-refractivity contribution in [2.75, 3.05) is 36.8 Å². The van der Waals surface area contributed by atoms with Crippen molar-refractivity contribution in [1.29, 1.82) is 0 Å². The first-order valence-electron chi connectivity index (χ1n) is 10.6. The molecule has 7 heteroatoms. The number of aromatic nitrogens is 3. The highest BCUT2D eigenvalue weighted by molar-refractivity contribution is 5.95. The number of carbonyl (C=O) groups is 1. The number of benzene rings is 2. The molecule has 1 aliphatic rings. The number of nitrogens with two attached hydrogens (primary N) is 1. The zero-order valence-corrected chi connectivity index (χ0v) is 17.6. The standard InChI is InChI=1S/C25H24N6O/c26-25-28-17-21(18-7-3-1-4-8-18)23(29-25)19-15-22(27-16-19)24(32)31-13-11-30(12-14-31)20-9-5-2-6-10-20/h1-10,15-17,27H,11-14H2,(H2,26,28,29). The second-order valence-electron chi connectivity index (χ2n) is 7.77. The molecule has 5 rings (SSSR count). The minimum atomic E-state index is -0.00718. The van der Waals surface area contributed by atoms with Crippen LogP contribution in [0.15, 0.2) is 79.1 Å². The van der Waals surface area contributed by atoms with Gasteiger partial charge in [-0.1, -0.05) is 48.5 Å². The number of anilines is 2. The van der Waals surface area contributed by atoms with Crippen LogP contribution in [0, 0.1) is 0 Å². The largest absolute Gasteiger partial charge is 0.368 e. The Morgan fingerprint density at radius 2 is 1.59 bits per heavy atom. The molecule has 160 valence electrons. The van der Waals surface area contributed by atoms with E-state index in [0.717, 1.165) is 29.8 Å². The molecule has 2 aromatic heterocycles. The minimum absolute atomic E-state index is 0.00718. The van der Waals surface area contributed by atoms with E-state index < -0.39 is 0 Å². The second-order valence-corrected chi connectivity index (χ2v) is 7.77. The number of hydrogen-bond donors (Lipinski definition) is 2. The molecule has 0 aliphatic carbocycles. The summed E-state index contributed by atoms with van der Waals surface area (Å²) in [6.07, 6.45) is 3.53. The molecular weight excluding hydrogens is 400 g/mol. The lowest BCUT2D eigenvalue weighted by molar-refractivity contribution is 0.0741. The lowest BCUT2D eigenvalue weighted by Crippen LogP contribution is -2.48. The summed E-state index contributed by atoms with van der Waals surface area (Å²) in [5.74, 6) is 0.193. The van der Waals surface area contributed by atoms with Crippen molar-refractivity contribution in [2.45, 2.75) is 0 Å². The van der Waals surface area contributed by atoms with Crippen LogP contribution in [0.3, 0.4) is 0 Å². The van der Waals surface area contributed by atoms with Crippen LogP contribution in [0.25, 0.3) is 22.4 Å². The van der Waals surface area contributed by atoms with E-state index >= 15 is 0 Å². The van der Waals surface area contributed by atoms with Crippen LogP contribution in [0.2, 0.25) is 0 Å². The number of para-hydroxylation sites is 1. The fourth-order valence-electron chi connectivity index (χ4n) is 4.08. The third kappa shape index (κ3) is 3.92. The number of H-pyrrole nitrogens is 1. The zero-order chi connectivity index (χ0) is 21.9. The molecule has 0 radical (unpaired) electrons. The van der Waals surface area contributed by atoms with Gasteiger partial charge < -0.3 is 20.5 Å². The summed E-state index contributed by atoms with van der Waals surface area (Å²) < 4.78 is 0. The van der Waals surface area contributed by atoms with E-state index in [1.54, 1.807) is 6.20 Å². The molecule has 1 amide bonds. The maximum absolute atomic E-state index is 13.1. The first-order valence-corrected chi connectivity index (χ1v) is 10.6. The lowest BCUT2D eigenvalue weighted by atomic mass is 10.0. The average Bonchev–Trinajstić information content (AvgIpc) is 3.35. The number of rotatable bonds is 4. The van der Waals surface area contributed by atoms with E-state index in [9.17, 15) is 4.79 Å². The SMILES string of the molecule is Nc1ncc(-c2ccccc2)c(-c2c[nH]c(C(=O)N3CCN(c4ccccc4)CC3)c2)n1. The van der Waals surface area contributed by atoms with Crippen molar-refractivity contribution in [3.63, 3.8) is 0 Å². The van der Waals surface area contributed by atoms with Crippen molar-refractivity contribution < 1.29 is 4.79 Å². The highest BCUT2D eigenvalue weighted by Gasteiger charge is 2.24. The van der Waals surface area contributed by atoms with E-state index in [0.29, 0.717) is 24.5 Å². The van der Waals surface area contributed by atoms with Gasteiger partial charge in [0.05, 0.1) is 5.69 Å². The van der Waals surface area contributed by atoms with Gasteiger partial charge in [-0.3, -0.25) is 4.79 Å². The summed E-state index contributed by atoms with van der Waals surface area (Å²) in [7, 11) is 0. The van der Waals surface area contributed by atoms with Crippen molar-refractivity contribution in [3.8, 4) is 22.4 Å². The molecule has 32 heavy (non-hydrogen) atoms. The molecule has 4 aromatic rings. The van der Waals surface area contributed by atoms with Gasteiger partial charge in [-0.05, 0) is 23.8 Å². The van der Waals surface area contributed by atoms with Gasteiger partial charge in [0.15, 0.2) is 0 Å². The van der Waals surface area contributed by atoms with Crippen LogP contribution >= 0.6 is 0 Å². The molecule has 0 atom stereocenters. The predicted molar refractivity (Wildman–Crippen MR) is 126 cm³/mol. The molecule has 0 unspecified atom stereocenters. The molecule has 1 saturated heterocycles. The summed E-state index contributed by atoms with van der Waals surface area (Å²) >= 11 is 0. The molecule has 0 spiro atoms. The van der Waals surface area contributed by atoms with Gasteiger partial charge in [0.2, 0.25) is 5.95 Å². The van der Waals surface area contributed by atoms with Crippen molar-refractivity contribution >= 4 is 17.5 Å². The fourth-order valence-corrected chi connectivity index (χ4v) is 4.08. The highest BCUT2D eigenvalue weighted by atomic mass is 16.2. The molecule has 3 heterocycles. The van der Waals surface area contributed by atoms with Crippen LogP contribution in [0.1, 0.15) is 10.5 Å². The quantitative estimate of drug-likeness (QED) is 0.521. The van der Waals surface area contributed by atoms with Crippen molar-refractivity contribution in [2.24, 2.45) is 0 Å². The average molecular weight is 425 g/mol. The second kappa shape index (κ2) is 8.55. The topological polar surface area (TPSA) is 91.1 Å². The van der Waals surface area contributed by atoms with Crippen LogP contribution in [-0.4, -0.2) is 51.9 Å². The fraction of sp³-hybridized carbons (Fsp3) is 0.160. The molecule has 1 aliphatic heterocycles. The zero-order valence-electron chi connectivity index (χ0n) is 17.6. The summed E-state index contributed by atoms with van der Waals surface area (Å²) in [5.41, 5.74) is 11.0. The summed E-state index contributed by atoms with van der Waals surface area (Å²) in [5, 5.41) is 0. The molecule has 0 bridgehead atoms. The molecule has 1 fully saturated rings. The van der Waals surface area contributed by atoms with Gasteiger partial charge in [-0.25, -0.2) is 9.97 Å². The Morgan fingerprint density at radius 1 is 0.906 bits per heavy atom. The molecule has 3 N–H and O–H groups in total. The maximum atomic E-state index is 13.1. The van der Waals surface area contributed by atoms with Gasteiger partial charge in [0.25, 0.3) is 5.91 Å². The number of piperazine rings is 1. The van der Waals surface area contributed by atoms with Gasteiger partial charge in [0, 0.05) is 55.4 Å². The summed E-state index contributed by atoms with van der Waals surface area (Å²) in [4.78, 5) is 29.1. The van der Waals surface area contributed by atoms with Crippen molar-refractivity contribution in [1.82, 2.24) is 19.9 Å². The van der Waals surface area contributed by atoms with E-state index in [4.69, 9.17) is 5.73 Å². The Morgan fingerprint density at radius 3 is 2.31 bits per heavy atom. The number of nitrogens with one attached hydrogen (secondary N) is 1. The lowest BCUT2D eigenvalue weighted by Gasteiger charge is -2.36.